The summed E-state index contributed by atoms with van der Waals surface area (Å²) in [4.78, 5) is 31.0. The van der Waals surface area contributed by atoms with Gasteiger partial charge in [-0.05, 0) is 37.1 Å². The molecule has 1 saturated heterocycles. The van der Waals surface area contributed by atoms with E-state index >= 15 is 0 Å². The predicted octanol–water partition coefficient (Wildman–Crippen LogP) is 2.93. The molecule has 0 N–H and O–H groups in total. The van der Waals surface area contributed by atoms with Crippen molar-refractivity contribution in [3.63, 3.8) is 0 Å². The monoisotopic (exact) mass is 436 g/mol. The number of carbonyl (C=O) groups is 1. The summed E-state index contributed by atoms with van der Waals surface area (Å²) in [5, 5.41) is 0. The number of fused-ring (bicyclic) bond motifs is 1. The van der Waals surface area contributed by atoms with Gasteiger partial charge in [0.15, 0.2) is 5.82 Å². The van der Waals surface area contributed by atoms with E-state index in [0.29, 0.717) is 12.5 Å². The Balaban J connectivity index is 1.35. The van der Waals surface area contributed by atoms with Crippen LogP contribution in [0, 0.1) is 0 Å². The molecule has 0 radical (unpaired) electrons. The number of carbonyl (C=O) groups excluding carboxylic acids is 1. The second-order valence-electron chi connectivity index (χ2n) is 8.89. The van der Waals surface area contributed by atoms with Crippen molar-refractivity contribution >= 4 is 29.0 Å². The number of piperazine rings is 1. The van der Waals surface area contributed by atoms with Crippen LogP contribution in [0.5, 0.6) is 5.75 Å². The Morgan fingerprint density at radius 1 is 0.969 bits per heavy atom. The van der Waals surface area contributed by atoms with Gasteiger partial charge in [0.1, 0.15) is 11.4 Å². The third-order valence-corrected chi connectivity index (χ3v) is 7.08. The maximum Gasteiger partial charge on any atom is 0.228 e. The number of amides is 1. The van der Waals surface area contributed by atoms with Crippen molar-refractivity contribution in [2.45, 2.75) is 38.1 Å². The van der Waals surface area contributed by atoms with Crippen LogP contribution in [0.4, 0.5) is 23.1 Å². The molecule has 1 amide bonds. The minimum atomic E-state index is 0.135. The minimum Gasteiger partial charge on any atom is -0.497 e. The van der Waals surface area contributed by atoms with Gasteiger partial charge < -0.3 is 24.3 Å². The second-order valence-corrected chi connectivity index (χ2v) is 8.89. The Morgan fingerprint density at radius 3 is 2.34 bits per heavy atom. The number of nitrogens with zero attached hydrogens (tertiary/aromatic N) is 6. The number of benzene rings is 1. The molecule has 2 fully saturated rings. The normalized spacial score (nSPS) is 19.9. The molecule has 1 aromatic heterocycles. The second kappa shape index (κ2) is 8.84. The van der Waals surface area contributed by atoms with E-state index in [0.717, 1.165) is 55.9 Å². The molecule has 5 rings (SSSR count). The summed E-state index contributed by atoms with van der Waals surface area (Å²) in [5.41, 5.74) is 2.04. The first-order valence-electron chi connectivity index (χ1n) is 11.7. The topological polar surface area (TPSA) is 65.0 Å². The molecule has 0 atom stereocenters. The molecule has 1 aromatic carbocycles. The lowest BCUT2D eigenvalue weighted by molar-refractivity contribution is -0.118. The van der Waals surface area contributed by atoms with Gasteiger partial charge in [-0.2, -0.15) is 4.98 Å². The molecule has 170 valence electrons. The Labute approximate surface area is 189 Å². The van der Waals surface area contributed by atoms with Gasteiger partial charge in [0.2, 0.25) is 11.9 Å². The van der Waals surface area contributed by atoms with E-state index < -0.39 is 0 Å². The van der Waals surface area contributed by atoms with Crippen molar-refractivity contribution in [1.29, 1.82) is 0 Å². The lowest BCUT2D eigenvalue weighted by Crippen LogP contribution is -2.47. The van der Waals surface area contributed by atoms with Crippen LogP contribution < -0.4 is 24.3 Å². The molecule has 3 aliphatic rings. The Morgan fingerprint density at radius 2 is 1.66 bits per heavy atom. The molecule has 0 unspecified atom stereocenters. The Hall–Kier alpha value is -3.03. The van der Waals surface area contributed by atoms with Crippen molar-refractivity contribution < 1.29 is 9.53 Å². The number of anilines is 4. The van der Waals surface area contributed by atoms with E-state index in [1.807, 2.05) is 25.4 Å². The molecule has 8 heteroatoms. The standard InChI is InChI=1S/C24H32N6O2/c1-27-21-17-25-24(26-23(21)30(12-11-22(27)31)19-5-3-4-6-19)29-15-13-28(14-16-29)18-7-9-20(32-2)10-8-18/h7-10,17,19H,3-6,11-16H2,1-2H3. The van der Waals surface area contributed by atoms with Gasteiger partial charge in [0, 0.05) is 57.9 Å². The number of methoxy groups -OCH3 is 1. The fourth-order valence-electron chi connectivity index (χ4n) is 5.11. The summed E-state index contributed by atoms with van der Waals surface area (Å²) in [6, 6.07) is 8.71. The van der Waals surface area contributed by atoms with Gasteiger partial charge in [0.05, 0.1) is 13.3 Å². The third kappa shape index (κ3) is 3.94. The summed E-state index contributed by atoms with van der Waals surface area (Å²) < 4.78 is 5.27. The van der Waals surface area contributed by atoms with Gasteiger partial charge in [-0.3, -0.25) is 4.79 Å². The quantitative estimate of drug-likeness (QED) is 0.730. The molecule has 32 heavy (non-hydrogen) atoms. The predicted molar refractivity (Wildman–Crippen MR) is 127 cm³/mol. The van der Waals surface area contributed by atoms with Gasteiger partial charge >= 0.3 is 0 Å². The molecule has 8 nitrogen and oxygen atoms in total. The molecular formula is C24H32N6O2. The Bertz CT molecular complexity index is 951. The smallest absolute Gasteiger partial charge is 0.228 e. The number of hydrogen-bond acceptors (Lipinski definition) is 7. The lowest BCUT2D eigenvalue weighted by atomic mass is 10.2. The highest BCUT2D eigenvalue weighted by molar-refractivity contribution is 5.97. The first kappa shape index (κ1) is 20.8. The van der Waals surface area contributed by atoms with Crippen LogP contribution in [-0.2, 0) is 4.79 Å². The van der Waals surface area contributed by atoms with E-state index in [9.17, 15) is 4.79 Å². The highest BCUT2D eigenvalue weighted by Gasteiger charge is 2.32. The van der Waals surface area contributed by atoms with E-state index in [1.54, 1.807) is 12.0 Å². The average Bonchev–Trinajstić information content (AvgIpc) is 3.34. The van der Waals surface area contributed by atoms with Gasteiger partial charge in [-0.15, -0.1) is 0 Å². The van der Waals surface area contributed by atoms with Crippen LogP contribution in [0.15, 0.2) is 30.5 Å². The van der Waals surface area contributed by atoms with E-state index in [4.69, 9.17) is 9.72 Å². The number of hydrogen-bond donors (Lipinski definition) is 0. The van der Waals surface area contributed by atoms with E-state index in [1.165, 1.54) is 31.4 Å². The van der Waals surface area contributed by atoms with E-state index in [2.05, 4.69) is 31.8 Å². The van der Waals surface area contributed by atoms with Crippen LogP contribution in [0.3, 0.4) is 0 Å². The molecule has 0 spiro atoms. The average molecular weight is 437 g/mol. The van der Waals surface area contributed by atoms with Crippen molar-refractivity contribution in [1.82, 2.24) is 9.97 Å². The van der Waals surface area contributed by atoms with Crippen LogP contribution in [0.25, 0.3) is 0 Å². The summed E-state index contributed by atoms with van der Waals surface area (Å²) in [6.07, 6.45) is 7.24. The van der Waals surface area contributed by atoms with Crippen LogP contribution >= 0.6 is 0 Å². The maximum absolute atomic E-state index is 12.6. The first-order chi connectivity index (χ1) is 15.6. The van der Waals surface area contributed by atoms with Gasteiger partial charge in [-0.25, -0.2) is 4.98 Å². The zero-order chi connectivity index (χ0) is 22.1. The van der Waals surface area contributed by atoms with Gasteiger partial charge in [-0.1, -0.05) is 12.8 Å². The summed E-state index contributed by atoms with van der Waals surface area (Å²) in [7, 11) is 3.53. The highest BCUT2D eigenvalue weighted by Crippen LogP contribution is 2.36. The van der Waals surface area contributed by atoms with Crippen molar-refractivity contribution in [2.75, 3.05) is 66.5 Å². The maximum atomic E-state index is 12.6. The fraction of sp³-hybridized carbons (Fsp3) is 0.542. The number of rotatable bonds is 4. The minimum absolute atomic E-state index is 0.135. The van der Waals surface area contributed by atoms with Crippen molar-refractivity contribution in [2.24, 2.45) is 0 Å². The molecular weight excluding hydrogens is 404 g/mol. The third-order valence-electron chi connectivity index (χ3n) is 7.08. The number of ether oxygens (including phenoxy) is 1. The zero-order valence-electron chi connectivity index (χ0n) is 19.0. The fourth-order valence-corrected chi connectivity index (χ4v) is 5.11. The van der Waals surface area contributed by atoms with Crippen LogP contribution in [-0.4, -0.2) is 68.8 Å². The molecule has 2 aliphatic heterocycles. The van der Waals surface area contributed by atoms with Gasteiger partial charge in [0.25, 0.3) is 0 Å². The summed E-state index contributed by atoms with van der Waals surface area (Å²) in [6.45, 7) is 4.30. The SMILES string of the molecule is COc1ccc(N2CCN(c3ncc4c(n3)N(C3CCCC3)CCC(=O)N4C)CC2)cc1. The zero-order valence-corrected chi connectivity index (χ0v) is 19.0. The largest absolute Gasteiger partial charge is 0.497 e. The molecule has 0 bridgehead atoms. The highest BCUT2D eigenvalue weighted by atomic mass is 16.5. The van der Waals surface area contributed by atoms with Crippen LogP contribution in [0.2, 0.25) is 0 Å². The summed E-state index contributed by atoms with van der Waals surface area (Å²) >= 11 is 0. The Kier molecular flexibility index (Phi) is 5.76. The number of aromatic nitrogens is 2. The van der Waals surface area contributed by atoms with Crippen molar-refractivity contribution in [3.05, 3.63) is 30.5 Å². The van der Waals surface area contributed by atoms with Crippen LogP contribution in [0.1, 0.15) is 32.1 Å². The molecule has 2 aromatic rings. The molecule has 1 saturated carbocycles. The lowest BCUT2D eigenvalue weighted by Gasteiger charge is -2.37. The first-order valence-corrected chi connectivity index (χ1v) is 11.7. The molecule has 1 aliphatic carbocycles. The molecule has 3 heterocycles. The van der Waals surface area contributed by atoms with E-state index in [-0.39, 0.29) is 5.91 Å². The van der Waals surface area contributed by atoms with Crippen molar-refractivity contribution in [3.8, 4) is 5.75 Å². The summed E-state index contributed by atoms with van der Waals surface area (Å²) in [5.74, 6) is 2.70.